The summed E-state index contributed by atoms with van der Waals surface area (Å²) in [5.41, 5.74) is -1.64. The number of fused-ring (bicyclic) bond motifs is 1. The molecule has 0 aromatic heterocycles. The van der Waals surface area contributed by atoms with E-state index in [2.05, 4.69) is 13.8 Å². The molecule has 134 valence electrons. The molecule has 4 aliphatic heterocycles. The maximum atomic E-state index is 13.4. The molecule has 1 aliphatic carbocycles. The molecule has 0 aromatic carbocycles. The van der Waals surface area contributed by atoms with Crippen molar-refractivity contribution in [3.05, 3.63) is 0 Å². The molecule has 1 N–H and O–H groups in total. The van der Waals surface area contributed by atoms with E-state index in [0.717, 1.165) is 6.42 Å². The standard InChI is InChI=1S/C18H27NO5/c1-11-8-13(20)9-12-10-17-15(2,3)18(22-6-7-23-18)5-4-16(17,24-17)14(21)19(11)12/h11-13,20H,4-10H2,1-3H3/t11-,12+,13+,16-,17-/m1/s1. The molecule has 4 heterocycles. The molecule has 6 heteroatoms. The van der Waals surface area contributed by atoms with Crippen molar-refractivity contribution >= 4 is 5.91 Å². The number of ether oxygens (including phenoxy) is 3. The predicted octanol–water partition coefficient (Wildman–Crippen LogP) is 1.20. The van der Waals surface area contributed by atoms with Crippen LogP contribution in [-0.2, 0) is 19.0 Å². The maximum absolute atomic E-state index is 13.4. The Morgan fingerprint density at radius 2 is 1.88 bits per heavy atom. The van der Waals surface area contributed by atoms with Gasteiger partial charge in [0, 0.05) is 24.9 Å². The fourth-order valence-corrected chi connectivity index (χ4v) is 6.34. The smallest absolute Gasteiger partial charge is 0.258 e. The molecule has 0 bridgehead atoms. The summed E-state index contributed by atoms with van der Waals surface area (Å²) in [5, 5.41) is 10.2. The summed E-state index contributed by atoms with van der Waals surface area (Å²) < 4.78 is 18.5. The Labute approximate surface area is 142 Å². The highest BCUT2D eigenvalue weighted by molar-refractivity contribution is 5.92. The zero-order chi connectivity index (χ0) is 17.0. The molecule has 0 aromatic rings. The van der Waals surface area contributed by atoms with Gasteiger partial charge in [-0.1, -0.05) is 13.8 Å². The van der Waals surface area contributed by atoms with E-state index in [0.29, 0.717) is 38.9 Å². The average Bonchev–Trinajstić information content (AvgIpc) is 2.97. The van der Waals surface area contributed by atoms with E-state index in [-0.39, 0.29) is 24.1 Å². The number of hydrogen-bond donors (Lipinski definition) is 1. The van der Waals surface area contributed by atoms with Gasteiger partial charge in [0.15, 0.2) is 11.4 Å². The van der Waals surface area contributed by atoms with Crippen molar-refractivity contribution in [2.45, 2.75) is 88.1 Å². The summed E-state index contributed by atoms with van der Waals surface area (Å²) in [4.78, 5) is 15.4. The Balaban J connectivity index is 1.57. The molecule has 5 atom stereocenters. The number of piperidine rings is 2. The lowest BCUT2D eigenvalue weighted by atomic mass is 9.56. The Kier molecular flexibility index (Phi) is 2.81. The van der Waals surface area contributed by atoms with Crippen molar-refractivity contribution in [1.82, 2.24) is 4.90 Å². The summed E-state index contributed by atoms with van der Waals surface area (Å²) in [6, 6.07) is 0.114. The second kappa shape index (κ2) is 4.34. The van der Waals surface area contributed by atoms with Crippen molar-refractivity contribution in [3.63, 3.8) is 0 Å². The maximum Gasteiger partial charge on any atom is 0.258 e. The highest BCUT2D eigenvalue weighted by Crippen LogP contribution is 2.73. The molecule has 1 saturated carbocycles. The first-order valence-corrected chi connectivity index (χ1v) is 9.28. The number of aliphatic hydroxyl groups is 1. The lowest BCUT2D eigenvalue weighted by molar-refractivity contribution is -0.262. The van der Waals surface area contributed by atoms with Crippen molar-refractivity contribution in [2.24, 2.45) is 5.41 Å². The third-order valence-electron chi connectivity index (χ3n) is 7.61. The van der Waals surface area contributed by atoms with Gasteiger partial charge in [0.2, 0.25) is 0 Å². The monoisotopic (exact) mass is 337 g/mol. The van der Waals surface area contributed by atoms with E-state index in [1.807, 2.05) is 11.8 Å². The zero-order valence-electron chi connectivity index (χ0n) is 14.7. The number of epoxide rings is 1. The van der Waals surface area contributed by atoms with Crippen LogP contribution in [-0.4, -0.2) is 64.3 Å². The third kappa shape index (κ3) is 1.47. The van der Waals surface area contributed by atoms with Gasteiger partial charge >= 0.3 is 0 Å². The van der Waals surface area contributed by atoms with Gasteiger partial charge in [-0.15, -0.1) is 0 Å². The normalized spacial score (nSPS) is 51.1. The quantitative estimate of drug-likeness (QED) is 0.673. The molecule has 6 nitrogen and oxygen atoms in total. The van der Waals surface area contributed by atoms with Crippen LogP contribution in [0.5, 0.6) is 0 Å². The van der Waals surface area contributed by atoms with Gasteiger partial charge in [-0.3, -0.25) is 4.79 Å². The third-order valence-corrected chi connectivity index (χ3v) is 7.61. The number of aliphatic hydroxyl groups excluding tert-OH is 1. The van der Waals surface area contributed by atoms with Gasteiger partial charge in [0.25, 0.3) is 5.91 Å². The highest BCUT2D eigenvalue weighted by Gasteiger charge is 2.88. The summed E-state index contributed by atoms with van der Waals surface area (Å²) in [6.07, 6.45) is 3.09. The minimum Gasteiger partial charge on any atom is -0.393 e. The molecule has 4 saturated heterocycles. The molecule has 1 spiro atoms. The number of rotatable bonds is 0. The SMILES string of the molecule is C[C@@H]1C[C@H](O)C[C@H]2C[C@]34O[C@]3(CCC3(OCCO3)C4(C)C)C(=O)N21. The van der Waals surface area contributed by atoms with Crippen LogP contribution < -0.4 is 0 Å². The van der Waals surface area contributed by atoms with Crippen molar-refractivity contribution in [3.8, 4) is 0 Å². The minimum atomic E-state index is -0.704. The largest absolute Gasteiger partial charge is 0.393 e. The first-order chi connectivity index (χ1) is 11.3. The molecule has 5 aliphatic rings. The fraction of sp³-hybridized carbons (Fsp3) is 0.944. The molecule has 24 heavy (non-hydrogen) atoms. The molecule has 5 rings (SSSR count). The lowest BCUT2D eigenvalue weighted by Gasteiger charge is -2.56. The summed E-state index contributed by atoms with van der Waals surface area (Å²) in [5.74, 6) is -0.520. The molecule has 0 unspecified atom stereocenters. The van der Waals surface area contributed by atoms with E-state index in [4.69, 9.17) is 14.2 Å². The summed E-state index contributed by atoms with van der Waals surface area (Å²) in [6.45, 7) is 7.51. The van der Waals surface area contributed by atoms with E-state index < -0.39 is 22.4 Å². The van der Waals surface area contributed by atoms with Gasteiger partial charge in [0.1, 0.15) is 5.60 Å². The topological polar surface area (TPSA) is 71.5 Å². The predicted molar refractivity (Wildman–Crippen MR) is 84.2 cm³/mol. The summed E-state index contributed by atoms with van der Waals surface area (Å²) >= 11 is 0. The molecular formula is C18H27NO5. The van der Waals surface area contributed by atoms with Crippen LogP contribution in [0.4, 0.5) is 0 Å². The van der Waals surface area contributed by atoms with Crippen LogP contribution in [0.3, 0.4) is 0 Å². The van der Waals surface area contributed by atoms with Crippen molar-refractivity contribution < 1.29 is 24.1 Å². The van der Waals surface area contributed by atoms with E-state index in [1.165, 1.54) is 0 Å². The number of carbonyl (C=O) groups excluding carboxylic acids is 1. The van der Waals surface area contributed by atoms with Gasteiger partial charge in [-0.2, -0.15) is 0 Å². The first-order valence-electron chi connectivity index (χ1n) is 9.28. The minimum absolute atomic E-state index is 0.0442. The molecule has 0 radical (unpaired) electrons. The van der Waals surface area contributed by atoms with Gasteiger partial charge in [0.05, 0.1) is 24.7 Å². The van der Waals surface area contributed by atoms with Gasteiger partial charge < -0.3 is 24.2 Å². The molecule has 5 fully saturated rings. The Hall–Kier alpha value is -0.690. The molecular weight excluding hydrogens is 310 g/mol. The Bertz CT molecular complexity index is 600. The van der Waals surface area contributed by atoms with Crippen LogP contribution in [0, 0.1) is 5.41 Å². The fourth-order valence-electron chi connectivity index (χ4n) is 6.34. The van der Waals surface area contributed by atoms with E-state index >= 15 is 0 Å². The lowest BCUT2D eigenvalue weighted by Crippen LogP contribution is -2.70. The molecule has 1 amide bonds. The Morgan fingerprint density at radius 1 is 1.17 bits per heavy atom. The van der Waals surface area contributed by atoms with Gasteiger partial charge in [-0.05, 0) is 26.2 Å². The number of hydrogen-bond acceptors (Lipinski definition) is 5. The van der Waals surface area contributed by atoms with Gasteiger partial charge in [-0.25, -0.2) is 0 Å². The second-order valence-electron chi connectivity index (χ2n) is 8.88. The number of amides is 1. The zero-order valence-corrected chi connectivity index (χ0v) is 14.7. The Morgan fingerprint density at radius 3 is 2.58 bits per heavy atom. The first kappa shape index (κ1) is 15.6. The number of carbonyl (C=O) groups is 1. The average molecular weight is 337 g/mol. The van der Waals surface area contributed by atoms with Crippen LogP contribution >= 0.6 is 0 Å². The number of nitrogens with zero attached hydrogens (tertiary/aromatic N) is 1. The van der Waals surface area contributed by atoms with Crippen molar-refractivity contribution in [2.75, 3.05) is 13.2 Å². The van der Waals surface area contributed by atoms with Crippen LogP contribution in [0.1, 0.15) is 52.9 Å². The van der Waals surface area contributed by atoms with Crippen LogP contribution in [0.25, 0.3) is 0 Å². The second-order valence-corrected chi connectivity index (χ2v) is 8.88. The van der Waals surface area contributed by atoms with E-state index in [1.54, 1.807) is 0 Å². The van der Waals surface area contributed by atoms with Crippen LogP contribution in [0.15, 0.2) is 0 Å². The van der Waals surface area contributed by atoms with Crippen molar-refractivity contribution in [1.29, 1.82) is 0 Å². The summed E-state index contributed by atoms with van der Waals surface area (Å²) in [7, 11) is 0. The van der Waals surface area contributed by atoms with Crippen LogP contribution in [0.2, 0.25) is 0 Å². The highest BCUT2D eigenvalue weighted by atomic mass is 16.7. The van der Waals surface area contributed by atoms with E-state index in [9.17, 15) is 9.90 Å².